The molecule has 2 aromatic heterocycles. The van der Waals surface area contributed by atoms with E-state index in [9.17, 15) is 8.42 Å². The Hall–Kier alpha value is -2.97. The van der Waals surface area contributed by atoms with Gasteiger partial charge < -0.3 is 8.94 Å². The first-order valence-corrected chi connectivity index (χ1v) is 11.3. The number of rotatable bonds is 4. The molecule has 8 heteroatoms. The summed E-state index contributed by atoms with van der Waals surface area (Å²) in [6.45, 7) is 2.64. The topological polar surface area (TPSA) is 89.4 Å². The van der Waals surface area contributed by atoms with E-state index in [-0.39, 0.29) is 5.92 Å². The molecule has 1 fully saturated rings. The molecule has 4 aromatic rings. The Morgan fingerprint density at radius 2 is 1.90 bits per heavy atom. The first-order valence-electron chi connectivity index (χ1n) is 9.90. The van der Waals surface area contributed by atoms with Gasteiger partial charge >= 0.3 is 0 Å². The summed E-state index contributed by atoms with van der Waals surface area (Å²) in [4.78, 5) is 4.76. The second-order valence-electron chi connectivity index (χ2n) is 7.58. The SMILES string of the molecule is Cc1ccc(-c2noc([C@H]3CCCN(S(=O)(=O)c4ccc5ccccc5c4)C3)n2)o1. The lowest BCUT2D eigenvalue weighted by atomic mass is 10.00. The molecule has 1 aliphatic rings. The van der Waals surface area contributed by atoms with Gasteiger partial charge in [-0.25, -0.2) is 8.42 Å². The number of hydrogen-bond acceptors (Lipinski definition) is 6. The maximum absolute atomic E-state index is 13.3. The number of fused-ring (bicyclic) bond motifs is 1. The fourth-order valence-electron chi connectivity index (χ4n) is 3.90. The molecule has 1 aliphatic heterocycles. The third kappa shape index (κ3) is 3.42. The minimum atomic E-state index is -3.61. The molecular weight excluding hydrogens is 402 g/mol. The Kier molecular flexibility index (Phi) is 4.67. The molecule has 0 saturated carbocycles. The average Bonchev–Trinajstić information content (AvgIpc) is 3.43. The van der Waals surface area contributed by atoms with E-state index in [4.69, 9.17) is 8.94 Å². The Morgan fingerprint density at radius 3 is 2.70 bits per heavy atom. The van der Waals surface area contributed by atoms with Crippen LogP contribution in [0.3, 0.4) is 0 Å². The van der Waals surface area contributed by atoms with Gasteiger partial charge in [-0.1, -0.05) is 35.5 Å². The van der Waals surface area contributed by atoms with Crippen molar-refractivity contribution in [2.24, 2.45) is 0 Å². The number of piperidine rings is 1. The van der Waals surface area contributed by atoms with Gasteiger partial charge in [0.25, 0.3) is 0 Å². The molecule has 3 heterocycles. The Bertz CT molecular complexity index is 1310. The largest absolute Gasteiger partial charge is 0.458 e. The summed E-state index contributed by atoms with van der Waals surface area (Å²) in [5, 5.41) is 5.93. The lowest BCUT2D eigenvalue weighted by Gasteiger charge is -2.30. The van der Waals surface area contributed by atoms with Gasteiger partial charge in [-0.2, -0.15) is 9.29 Å². The van der Waals surface area contributed by atoms with Gasteiger partial charge in [-0.3, -0.25) is 0 Å². The average molecular weight is 423 g/mol. The Morgan fingerprint density at radius 1 is 1.07 bits per heavy atom. The standard InChI is InChI=1S/C22H21N3O4S/c1-15-8-11-20(28-15)21-23-22(29-24-21)18-7-4-12-25(14-18)30(26,27)19-10-9-16-5-2-3-6-17(16)13-19/h2-3,5-6,8-11,13,18H,4,7,12,14H2,1H3/t18-/m0/s1. The van der Waals surface area contributed by atoms with E-state index in [0.29, 0.717) is 35.5 Å². The van der Waals surface area contributed by atoms with Crippen LogP contribution in [0.25, 0.3) is 22.4 Å². The first kappa shape index (κ1) is 19.0. The van der Waals surface area contributed by atoms with Crippen molar-refractivity contribution in [2.45, 2.75) is 30.6 Å². The van der Waals surface area contributed by atoms with Crippen molar-refractivity contribution in [1.82, 2.24) is 14.4 Å². The van der Waals surface area contributed by atoms with Crippen LogP contribution in [-0.4, -0.2) is 36.0 Å². The van der Waals surface area contributed by atoms with Crippen LogP contribution in [0.2, 0.25) is 0 Å². The molecule has 1 saturated heterocycles. The van der Waals surface area contributed by atoms with Crippen LogP contribution in [0.5, 0.6) is 0 Å². The summed E-state index contributed by atoms with van der Waals surface area (Å²) in [6.07, 6.45) is 1.53. The minimum absolute atomic E-state index is 0.147. The van der Waals surface area contributed by atoms with Crippen LogP contribution in [0.15, 0.2) is 68.4 Å². The van der Waals surface area contributed by atoms with Crippen LogP contribution < -0.4 is 0 Å². The monoisotopic (exact) mass is 423 g/mol. The molecule has 0 spiro atoms. The summed E-state index contributed by atoms with van der Waals surface area (Å²) in [5.41, 5.74) is 0. The molecule has 0 aliphatic carbocycles. The van der Waals surface area contributed by atoms with Crippen molar-refractivity contribution in [3.8, 4) is 11.6 Å². The van der Waals surface area contributed by atoms with Crippen LogP contribution in [-0.2, 0) is 10.0 Å². The summed E-state index contributed by atoms with van der Waals surface area (Å²) in [5.74, 6) is 1.98. The van der Waals surface area contributed by atoms with E-state index >= 15 is 0 Å². The zero-order valence-electron chi connectivity index (χ0n) is 16.5. The van der Waals surface area contributed by atoms with Crippen molar-refractivity contribution in [3.63, 3.8) is 0 Å². The molecule has 0 unspecified atom stereocenters. The van der Waals surface area contributed by atoms with Crippen molar-refractivity contribution in [3.05, 3.63) is 66.2 Å². The number of aryl methyl sites for hydroxylation is 1. The molecular formula is C22H21N3O4S. The molecule has 0 radical (unpaired) electrons. The highest BCUT2D eigenvalue weighted by atomic mass is 32.2. The van der Waals surface area contributed by atoms with E-state index < -0.39 is 10.0 Å². The van der Waals surface area contributed by atoms with Gasteiger partial charge in [0.05, 0.1) is 10.8 Å². The third-order valence-corrected chi connectivity index (χ3v) is 7.36. The second kappa shape index (κ2) is 7.37. The van der Waals surface area contributed by atoms with Gasteiger partial charge in [0.15, 0.2) is 5.76 Å². The Balaban J connectivity index is 1.40. The molecule has 2 aromatic carbocycles. The highest BCUT2D eigenvalue weighted by molar-refractivity contribution is 7.89. The number of nitrogens with zero attached hydrogens (tertiary/aromatic N) is 3. The zero-order chi connectivity index (χ0) is 20.7. The van der Waals surface area contributed by atoms with E-state index in [1.165, 1.54) is 4.31 Å². The summed E-state index contributed by atoms with van der Waals surface area (Å²) < 4.78 is 39.1. The third-order valence-electron chi connectivity index (χ3n) is 5.49. The number of hydrogen-bond donors (Lipinski definition) is 0. The molecule has 154 valence electrons. The zero-order valence-corrected chi connectivity index (χ0v) is 17.3. The van der Waals surface area contributed by atoms with Crippen LogP contribution >= 0.6 is 0 Å². The van der Waals surface area contributed by atoms with Crippen LogP contribution in [0, 0.1) is 6.92 Å². The summed E-state index contributed by atoms with van der Waals surface area (Å²) in [7, 11) is -3.61. The van der Waals surface area contributed by atoms with E-state index in [1.807, 2.05) is 43.3 Å². The van der Waals surface area contributed by atoms with Crippen molar-refractivity contribution in [1.29, 1.82) is 0 Å². The number of aromatic nitrogens is 2. The quantitative estimate of drug-likeness (QED) is 0.484. The fourth-order valence-corrected chi connectivity index (χ4v) is 5.45. The number of furan rings is 1. The fraction of sp³-hybridized carbons (Fsp3) is 0.273. The summed E-state index contributed by atoms with van der Waals surface area (Å²) >= 11 is 0. The van der Waals surface area contributed by atoms with E-state index in [1.54, 1.807) is 18.2 Å². The van der Waals surface area contributed by atoms with Crippen molar-refractivity contribution >= 4 is 20.8 Å². The highest BCUT2D eigenvalue weighted by Crippen LogP contribution is 2.31. The van der Waals surface area contributed by atoms with Crippen molar-refractivity contribution < 1.29 is 17.4 Å². The lowest BCUT2D eigenvalue weighted by Crippen LogP contribution is -2.39. The highest BCUT2D eigenvalue weighted by Gasteiger charge is 2.33. The van der Waals surface area contributed by atoms with Gasteiger partial charge in [-0.15, -0.1) is 0 Å². The maximum atomic E-state index is 13.3. The summed E-state index contributed by atoms with van der Waals surface area (Å²) in [6, 6.07) is 16.6. The van der Waals surface area contributed by atoms with Gasteiger partial charge in [0, 0.05) is 13.1 Å². The molecule has 0 N–H and O–H groups in total. The maximum Gasteiger partial charge on any atom is 0.243 e. The smallest absolute Gasteiger partial charge is 0.243 e. The van der Waals surface area contributed by atoms with Gasteiger partial charge in [0.2, 0.25) is 21.7 Å². The van der Waals surface area contributed by atoms with Crippen LogP contribution in [0.1, 0.15) is 30.4 Å². The molecule has 5 rings (SSSR count). The van der Waals surface area contributed by atoms with Gasteiger partial charge in [0.1, 0.15) is 5.76 Å². The van der Waals surface area contributed by atoms with Gasteiger partial charge in [-0.05, 0) is 54.8 Å². The number of sulfonamides is 1. The minimum Gasteiger partial charge on any atom is -0.458 e. The molecule has 1 atom stereocenters. The van der Waals surface area contributed by atoms with Crippen LogP contribution in [0.4, 0.5) is 0 Å². The van der Waals surface area contributed by atoms with Crippen molar-refractivity contribution in [2.75, 3.05) is 13.1 Å². The molecule has 0 bridgehead atoms. The molecule has 7 nitrogen and oxygen atoms in total. The number of benzene rings is 2. The predicted molar refractivity (Wildman–Crippen MR) is 111 cm³/mol. The molecule has 30 heavy (non-hydrogen) atoms. The Labute approximate surface area is 174 Å². The van der Waals surface area contributed by atoms with E-state index in [2.05, 4.69) is 10.1 Å². The second-order valence-corrected chi connectivity index (χ2v) is 9.52. The first-order chi connectivity index (χ1) is 14.5. The predicted octanol–water partition coefficient (Wildman–Crippen LogP) is 4.36. The normalized spacial score (nSPS) is 18.1. The lowest BCUT2D eigenvalue weighted by molar-refractivity contribution is 0.265. The van der Waals surface area contributed by atoms with E-state index in [0.717, 1.165) is 29.4 Å². The molecule has 0 amide bonds.